The Morgan fingerprint density at radius 3 is 1.72 bits per heavy atom. The first-order valence-corrected chi connectivity index (χ1v) is 22.2. The number of hydrogen-bond donors (Lipinski definition) is 2. The highest BCUT2D eigenvalue weighted by atomic mass is 16.5. The summed E-state index contributed by atoms with van der Waals surface area (Å²) in [6.07, 6.45) is 5.04. The number of carbonyl (C=O) groups excluding carboxylic acids is 4. The number of esters is 2. The van der Waals surface area contributed by atoms with E-state index < -0.39 is 23.8 Å². The first kappa shape index (κ1) is 44.0. The summed E-state index contributed by atoms with van der Waals surface area (Å²) in [5.41, 5.74) is 6.36. The maximum atomic E-state index is 13.9. The van der Waals surface area contributed by atoms with Crippen LogP contribution >= 0.6 is 0 Å². The Kier molecular flexibility index (Phi) is 13.1. The fourth-order valence-corrected chi connectivity index (χ4v) is 9.02. The molecule has 0 aliphatic carbocycles. The molecule has 0 spiro atoms. The number of fused-ring (bicyclic) bond motifs is 2. The number of nitrogens with one attached hydrogen (secondary N) is 2. The number of nitrogens with zero attached hydrogens (tertiary/aromatic N) is 6. The van der Waals surface area contributed by atoms with Crippen LogP contribution in [0, 0.1) is 23.7 Å². The fraction of sp³-hybridized carbons (Fsp3) is 0.429. The first-order chi connectivity index (χ1) is 30.9. The molecule has 2 aliphatic heterocycles. The van der Waals surface area contributed by atoms with E-state index in [9.17, 15) is 19.2 Å². The molecular formula is C49H56N8O7. The van der Waals surface area contributed by atoms with Gasteiger partial charge in [-0.25, -0.2) is 15.0 Å². The second-order valence-electron chi connectivity index (χ2n) is 17.5. The van der Waals surface area contributed by atoms with Crippen LogP contribution in [0.25, 0.3) is 44.6 Å². The largest absolute Gasteiger partial charge is 0.472 e. The van der Waals surface area contributed by atoms with Gasteiger partial charge in [-0.15, -0.1) is 0 Å². The van der Waals surface area contributed by atoms with Crippen molar-refractivity contribution in [2.24, 2.45) is 23.7 Å². The summed E-state index contributed by atoms with van der Waals surface area (Å²) in [5, 5.41) is 0. The smallest absolute Gasteiger partial charge is 0.306 e. The van der Waals surface area contributed by atoms with Crippen molar-refractivity contribution >= 4 is 45.8 Å². The van der Waals surface area contributed by atoms with Crippen LogP contribution < -0.4 is 4.74 Å². The number of likely N-dealkylation sites (tertiary alicyclic amines) is 2. The Labute approximate surface area is 372 Å². The number of ether oxygens (including phenoxy) is 3. The zero-order valence-electron chi connectivity index (χ0n) is 37.3. The maximum absolute atomic E-state index is 13.9. The summed E-state index contributed by atoms with van der Waals surface area (Å²) in [4.78, 5) is 82.5. The van der Waals surface area contributed by atoms with Crippen LogP contribution in [-0.2, 0) is 35.3 Å². The van der Waals surface area contributed by atoms with E-state index in [0.717, 1.165) is 64.4 Å². The zero-order valence-corrected chi connectivity index (χ0v) is 37.3. The highest BCUT2D eigenvalue weighted by molar-refractivity contribution is 5.87. The van der Waals surface area contributed by atoms with Crippen LogP contribution in [0.3, 0.4) is 0 Å². The van der Waals surface area contributed by atoms with Crippen LogP contribution in [0.4, 0.5) is 0 Å². The molecule has 0 bridgehead atoms. The highest BCUT2D eigenvalue weighted by Crippen LogP contribution is 2.38. The molecule has 2 amide bonds. The maximum Gasteiger partial charge on any atom is 0.306 e. The Hall–Kier alpha value is -6.64. The molecule has 0 unspecified atom stereocenters. The standard InChI is InChI=1S/C49H56N8O7/c1-28(2)33(24-42(58)62-5)48(60)56-20-10-14-40(56)45-51-36-18-16-31(22-38(36)53-45)35-26-50-44(55-47(35)64-27-30-12-8-7-9-13-30)32-17-19-37-39(23-32)54-46(52-37)41-15-11-21-57(41)49(61)34(29(3)4)25-43(59)63-6/h7-9,12-13,16-19,22-23,26,28-29,33-34,40-41H,10-11,14-15,20-21,24-25,27H2,1-6H3,(H,51,53)(H,52,54)/t33-,34-,40-,41-/m0/s1. The molecule has 334 valence electrons. The Bertz CT molecular complexity index is 2660. The van der Waals surface area contributed by atoms with Crippen LogP contribution in [0.5, 0.6) is 5.88 Å². The lowest BCUT2D eigenvalue weighted by atomic mass is 9.91. The van der Waals surface area contributed by atoms with Gasteiger partial charge in [0.2, 0.25) is 17.7 Å². The zero-order chi connectivity index (χ0) is 45.1. The Morgan fingerprint density at radius 1 is 0.688 bits per heavy atom. The summed E-state index contributed by atoms with van der Waals surface area (Å²) < 4.78 is 16.3. The molecule has 15 nitrogen and oxygen atoms in total. The van der Waals surface area contributed by atoms with Crippen molar-refractivity contribution in [3.05, 3.63) is 90.1 Å². The average Bonchev–Trinajstić information content (AvgIpc) is 4.14. The molecule has 0 saturated carbocycles. The SMILES string of the molecule is COC(=O)C[C@H](C(=O)N1CCC[C@H]1c1nc2ccc(-c3ncc(-c4ccc5nc([C@@H]6CCCN6C(=O)[C@@H](CC(=O)OC)C(C)C)[nH]c5c4)c(OCc4ccccc4)n3)cc2[nH]1)C(C)C. The number of benzene rings is 3. The number of rotatable bonds is 15. The van der Waals surface area contributed by atoms with Gasteiger partial charge in [0.1, 0.15) is 18.3 Å². The molecule has 6 aromatic rings. The number of carbonyl (C=O) groups is 4. The van der Waals surface area contributed by atoms with Crippen LogP contribution in [-0.4, -0.2) is 90.8 Å². The van der Waals surface area contributed by atoms with E-state index in [4.69, 9.17) is 34.1 Å². The topological polar surface area (TPSA) is 186 Å². The van der Waals surface area contributed by atoms with Crippen molar-refractivity contribution < 1.29 is 33.4 Å². The number of aromatic nitrogens is 6. The Morgan fingerprint density at radius 2 is 1.20 bits per heavy atom. The molecule has 2 fully saturated rings. The number of amides is 2. The molecule has 2 saturated heterocycles. The number of methoxy groups -OCH3 is 2. The molecule has 8 rings (SSSR count). The van der Waals surface area contributed by atoms with Gasteiger partial charge in [0.15, 0.2) is 5.82 Å². The first-order valence-electron chi connectivity index (χ1n) is 22.2. The van der Waals surface area contributed by atoms with Gasteiger partial charge in [0, 0.05) is 24.8 Å². The summed E-state index contributed by atoms with van der Waals surface area (Å²) in [6.45, 7) is 9.29. The second kappa shape index (κ2) is 19.0. The van der Waals surface area contributed by atoms with Crippen molar-refractivity contribution in [2.75, 3.05) is 27.3 Å². The lowest BCUT2D eigenvalue weighted by Gasteiger charge is -2.29. The number of aromatic amines is 2. The minimum absolute atomic E-state index is 0.0309. The minimum Gasteiger partial charge on any atom is -0.472 e. The monoisotopic (exact) mass is 868 g/mol. The van der Waals surface area contributed by atoms with Crippen molar-refractivity contribution in [1.82, 2.24) is 39.7 Å². The predicted molar refractivity (Wildman–Crippen MR) is 240 cm³/mol. The van der Waals surface area contributed by atoms with Gasteiger partial charge in [0.25, 0.3) is 0 Å². The predicted octanol–water partition coefficient (Wildman–Crippen LogP) is 8.14. The van der Waals surface area contributed by atoms with Crippen molar-refractivity contribution in [3.63, 3.8) is 0 Å². The van der Waals surface area contributed by atoms with E-state index in [1.165, 1.54) is 14.2 Å². The van der Waals surface area contributed by atoms with Gasteiger partial charge in [-0.1, -0.05) is 64.1 Å². The fourth-order valence-electron chi connectivity index (χ4n) is 9.02. The number of hydrogen-bond acceptors (Lipinski definition) is 11. The molecule has 0 radical (unpaired) electrons. The van der Waals surface area contributed by atoms with E-state index >= 15 is 0 Å². The molecule has 3 aromatic heterocycles. The number of H-pyrrole nitrogens is 2. The molecule has 15 heteroatoms. The molecule has 3 aromatic carbocycles. The van der Waals surface area contributed by atoms with Gasteiger partial charge < -0.3 is 34.0 Å². The van der Waals surface area contributed by atoms with E-state index in [0.29, 0.717) is 42.0 Å². The molecular weight excluding hydrogens is 813 g/mol. The summed E-state index contributed by atoms with van der Waals surface area (Å²) in [7, 11) is 2.69. The molecule has 64 heavy (non-hydrogen) atoms. The van der Waals surface area contributed by atoms with Gasteiger partial charge >= 0.3 is 11.9 Å². The minimum atomic E-state index is -0.482. The van der Waals surface area contributed by atoms with Crippen molar-refractivity contribution in [1.29, 1.82) is 0 Å². The molecule has 5 heterocycles. The van der Waals surface area contributed by atoms with Gasteiger partial charge in [-0.3, -0.25) is 19.2 Å². The average molecular weight is 869 g/mol. The lowest BCUT2D eigenvalue weighted by molar-refractivity contribution is -0.148. The summed E-state index contributed by atoms with van der Waals surface area (Å²) in [5.74, 6) is 0.334. The van der Waals surface area contributed by atoms with Gasteiger partial charge in [-0.05, 0) is 79.0 Å². The molecule has 2 aliphatic rings. The quantitative estimate of drug-likeness (QED) is 0.0950. The van der Waals surface area contributed by atoms with E-state index in [-0.39, 0.29) is 55.2 Å². The molecule has 4 atom stereocenters. The van der Waals surface area contributed by atoms with Crippen molar-refractivity contribution in [2.45, 2.75) is 84.9 Å². The normalized spacial score (nSPS) is 17.4. The third-order valence-electron chi connectivity index (χ3n) is 12.7. The van der Waals surface area contributed by atoms with Gasteiger partial charge in [-0.2, -0.15) is 4.98 Å². The highest BCUT2D eigenvalue weighted by Gasteiger charge is 2.39. The van der Waals surface area contributed by atoms with E-state index in [2.05, 4.69) is 9.97 Å². The van der Waals surface area contributed by atoms with Crippen LogP contribution in [0.15, 0.2) is 72.9 Å². The van der Waals surface area contributed by atoms with Crippen LogP contribution in [0.1, 0.15) is 95.5 Å². The third kappa shape index (κ3) is 9.20. The Balaban J connectivity index is 1.07. The van der Waals surface area contributed by atoms with Crippen molar-refractivity contribution in [3.8, 4) is 28.4 Å². The molecule has 2 N–H and O–H groups in total. The van der Waals surface area contributed by atoms with E-state index in [1.54, 1.807) is 6.20 Å². The van der Waals surface area contributed by atoms with E-state index in [1.807, 2.05) is 104 Å². The van der Waals surface area contributed by atoms with Gasteiger partial charge in [0.05, 0.1) is 78.6 Å². The summed E-state index contributed by atoms with van der Waals surface area (Å²) in [6, 6.07) is 21.1. The second-order valence-corrected chi connectivity index (χ2v) is 17.5. The number of imidazole rings is 2. The lowest BCUT2D eigenvalue weighted by Crippen LogP contribution is -2.39. The van der Waals surface area contributed by atoms with Crippen LogP contribution in [0.2, 0.25) is 0 Å². The summed E-state index contributed by atoms with van der Waals surface area (Å²) >= 11 is 0. The third-order valence-corrected chi connectivity index (χ3v) is 12.7.